The maximum absolute atomic E-state index is 12.1. The smallest absolute Gasteiger partial charge is 0.311 e. The number of carbonyl (C=O) groups excluding carboxylic acids is 1. The summed E-state index contributed by atoms with van der Waals surface area (Å²) in [5.74, 6) is -1.05. The molecule has 4 atom stereocenters. The van der Waals surface area contributed by atoms with Crippen molar-refractivity contribution in [2.75, 3.05) is 6.54 Å². The molecule has 0 bridgehead atoms. The summed E-state index contributed by atoms with van der Waals surface area (Å²) >= 11 is 0. The average Bonchev–Trinajstić information content (AvgIpc) is 2.79. The molecule has 0 spiro atoms. The zero-order chi connectivity index (χ0) is 14.0. The second-order valence-corrected chi connectivity index (χ2v) is 5.88. The summed E-state index contributed by atoms with van der Waals surface area (Å²) in [5.41, 5.74) is -0.884. The molecule has 4 unspecified atom stereocenters. The number of rotatable bonds is 3. The van der Waals surface area contributed by atoms with Crippen LogP contribution in [0, 0.1) is 5.41 Å². The summed E-state index contributed by atoms with van der Waals surface area (Å²) in [6.07, 6.45) is 3.01. The second kappa shape index (κ2) is 5.46. The molecule has 6 nitrogen and oxygen atoms in total. The maximum atomic E-state index is 12.1. The molecular weight excluding hydrogens is 248 g/mol. The Morgan fingerprint density at radius 3 is 2.68 bits per heavy atom. The normalized spacial score (nSPS) is 38.9. The van der Waals surface area contributed by atoms with E-state index in [0.717, 1.165) is 12.8 Å². The Kier molecular flexibility index (Phi) is 4.10. The fourth-order valence-corrected chi connectivity index (χ4v) is 3.01. The minimum atomic E-state index is -0.884. The first kappa shape index (κ1) is 14.3. The Bertz CT molecular complexity index is 374. The van der Waals surface area contributed by atoms with E-state index in [9.17, 15) is 19.8 Å². The number of aliphatic hydroxyl groups excluding tert-OH is 1. The SMILES string of the molecule is CC1(C(=O)O)CCCCC1NC(=O)C1CC(O)CN1. The molecule has 1 saturated carbocycles. The number of nitrogens with one attached hydrogen (secondary N) is 2. The number of carboxylic acid groups (broad SMARTS) is 1. The fourth-order valence-electron chi connectivity index (χ4n) is 3.01. The van der Waals surface area contributed by atoms with Gasteiger partial charge in [-0.3, -0.25) is 9.59 Å². The van der Waals surface area contributed by atoms with Gasteiger partial charge in [-0.15, -0.1) is 0 Å². The van der Waals surface area contributed by atoms with Gasteiger partial charge in [-0.05, 0) is 26.2 Å². The van der Waals surface area contributed by atoms with Crippen molar-refractivity contribution < 1.29 is 19.8 Å². The number of aliphatic carboxylic acids is 1. The molecule has 1 saturated heterocycles. The number of carboxylic acids is 1. The van der Waals surface area contributed by atoms with Crippen molar-refractivity contribution in [1.29, 1.82) is 0 Å². The zero-order valence-electron chi connectivity index (χ0n) is 11.2. The third kappa shape index (κ3) is 2.90. The van der Waals surface area contributed by atoms with Crippen LogP contribution < -0.4 is 10.6 Å². The minimum absolute atomic E-state index is 0.198. The lowest BCUT2D eigenvalue weighted by Crippen LogP contribution is -2.55. The molecule has 2 rings (SSSR count). The van der Waals surface area contributed by atoms with Gasteiger partial charge in [0.2, 0.25) is 5.91 Å². The number of amides is 1. The Morgan fingerprint density at radius 2 is 2.11 bits per heavy atom. The molecule has 0 aromatic carbocycles. The first-order valence-corrected chi connectivity index (χ1v) is 6.88. The molecule has 0 aromatic rings. The molecular formula is C13H22N2O4. The van der Waals surface area contributed by atoms with E-state index in [4.69, 9.17) is 0 Å². The quantitative estimate of drug-likeness (QED) is 0.572. The van der Waals surface area contributed by atoms with Gasteiger partial charge < -0.3 is 20.8 Å². The van der Waals surface area contributed by atoms with Gasteiger partial charge in [-0.2, -0.15) is 0 Å². The predicted molar refractivity (Wildman–Crippen MR) is 68.6 cm³/mol. The van der Waals surface area contributed by atoms with Crippen LogP contribution in [0.3, 0.4) is 0 Å². The lowest BCUT2D eigenvalue weighted by atomic mass is 9.71. The van der Waals surface area contributed by atoms with Gasteiger partial charge in [-0.25, -0.2) is 0 Å². The van der Waals surface area contributed by atoms with Crippen molar-refractivity contribution in [3.63, 3.8) is 0 Å². The van der Waals surface area contributed by atoms with Gasteiger partial charge in [0.05, 0.1) is 17.6 Å². The molecule has 4 N–H and O–H groups in total. The van der Waals surface area contributed by atoms with Gasteiger partial charge >= 0.3 is 5.97 Å². The van der Waals surface area contributed by atoms with Crippen molar-refractivity contribution in [3.8, 4) is 0 Å². The molecule has 108 valence electrons. The van der Waals surface area contributed by atoms with Crippen LogP contribution >= 0.6 is 0 Å². The van der Waals surface area contributed by atoms with Crippen molar-refractivity contribution in [2.24, 2.45) is 5.41 Å². The largest absolute Gasteiger partial charge is 0.481 e. The first-order chi connectivity index (χ1) is 8.93. The topological polar surface area (TPSA) is 98.7 Å². The standard InChI is InChI=1S/C13H22N2O4/c1-13(12(18)19)5-3-2-4-10(13)15-11(17)9-6-8(16)7-14-9/h8-10,14,16H,2-7H2,1H3,(H,15,17)(H,18,19). The van der Waals surface area contributed by atoms with Gasteiger partial charge in [0.15, 0.2) is 0 Å². The van der Waals surface area contributed by atoms with E-state index < -0.39 is 23.5 Å². The van der Waals surface area contributed by atoms with Gasteiger partial charge in [0, 0.05) is 12.6 Å². The van der Waals surface area contributed by atoms with Gasteiger partial charge in [0.25, 0.3) is 0 Å². The second-order valence-electron chi connectivity index (χ2n) is 5.88. The van der Waals surface area contributed by atoms with E-state index in [1.54, 1.807) is 6.92 Å². The number of aliphatic hydroxyl groups is 1. The van der Waals surface area contributed by atoms with Crippen LogP contribution in [0.4, 0.5) is 0 Å². The predicted octanol–water partition coefficient (Wildman–Crippen LogP) is -0.141. The summed E-state index contributed by atoms with van der Waals surface area (Å²) in [6.45, 7) is 2.12. The molecule has 6 heteroatoms. The highest BCUT2D eigenvalue weighted by Crippen LogP contribution is 2.36. The summed E-state index contributed by atoms with van der Waals surface area (Å²) in [6, 6.07) is -0.735. The number of hydrogen-bond acceptors (Lipinski definition) is 4. The van der Waals surface area contributed by atoms with Crippen LogP contribution in [0.2, 0.25) is 0 Å². The van der Waals surface area contributed by atoms with Crippen LogP contribution in [0.15, 0.2) is 0 Å². The zero-order valence-corrected chi connectivity index (χ0v) is 11.2. The van der Waals surface area contributed by atoms with E-state index in [1.807, 2.05) is 0 Å². The summed E-state index contributed by atoms with van der Waals surface area (Å²) < 4.78 is 0. The summed E-state index contributed by atoms with van der Waals surface area (Å²) in [4.78, 5) is 23.5. The minimum Gasteiger partial charge on any atom is -0.481 e. The van der Waals surface area contributed by atoms with E-state index in [0.29, 0.717) is 25.8 Å². The Balaban J connectivity index is 2.00. The van der Waals surface area contributed by atoms with E-state index in [2.05, 4.69) is 10.6 Å². The Hall–Kier alpha value is -1.14. The van der Waals surface area contributed by atoms with Crippen LogP contribution in [0.5, 0.6) is 0 Å². The highest BCUT2D eigenvalue weighted by atomic mass is 16.4. The van der Waals surface area contributed by atoms with Crippen molar-refractivity contribution in [1.82, 2.24) is 10.6 Å². The molecule has 1 aliphatic heterocycles. The van der Waals surface area contributed by atoms with Crippen molar-refractivity contribution in [3.05, 3.63) is 0 Å². The molecule has 2 fully saturated rings. The number of hydrogen-bond donors (Lipinski definition) is 4. The first-order valence-electron chi connectivity index (χ1n) is 6.88. The highest BCUT2D eigenvalue weighted by molar-refractivity contribution is 5.84. The van der Waals surface area contributed by atoms with E-state index in [1.165, 1.54) is 0 Å². The highest BCUT2D eigenvalue weighted by Gasteiger charge is 2.44. The molecule has 19 heavy (non-hydrogen) atoms. The Morgan fingerprint density at radius 1 is 1.37 bits per heavy atom. The number of β-amino-alcohol motifs (C(OH)–C–C–N with tert-alkyl or cyclic N) is 1. The molecule has 0 radical (unpaired) electrons. The lowest BCUT2D eigenvalue weighted by Gasteiger charge is -2.38. The average molecular weight is 270 g/mol. The fraction of sp³-hybridized carbons (Fsp3) is 0.846. The number of carbonyl (C=O) groups is 2. The van der Waals surface area contributed by atoms with Gasteiger partial charge in [0.1, 0.15) is 0 Å². The molecule has 2 aliphatic rings. The molecule has 0 aromatic heterocycles. The third-order valence-electron chi connectivity index (χ3n) is 4.44. The summed E-state index contributed by atoms with van der Waals surface area (Å²) in [5, 5.41) is 24.6. The maximum Gasteiger partial charge on any atom is 0.311 e. The van der Waals surface area contributed by atoms with Crippen LogP contribution in [0.25, 0.3) is 0 Å². The third-order valence-corrected chi connectivity index (χ3v) is 4.44. The van der Waals surface area contributed by atoms with E-state index >= 15 is 0 Å². The molecule has 1 heterocycles. The summed E-state index contributed by atoms with van der Waals surface area (Å²) in [7, 11) is 0. The Labute approximate surface area is 112 Å². The van der Waals surface area contributed by atoms with Gasteiger partial charge in [-0.1, -0.05) is 12.8 Å². The molecule has 1 aliphatic carbocycles. The van der Waals surface area contributed by atoms with Crippen molar-refractivity contribution >= 4 is 11.9 Å². The van der Waals surface area contributed by atoms with Crippen LogP contribution in [-0.4, -0.2) is 46.8 Å². The van der Waals surface area contributed by atoms with Crippen LogP contribution in [0.1, 0.15) is 39.0 Å². The monoisotopic (exact) mass is 270 g/mol. The lowest BCUT2D eigenvalue weighted by molar-refractivity contribution is -0.152. The van der Waals surface area contributed by atoms with E-state index in [-0.39, 0.29) is 11.9 Å². The van der Waals surface area contributed by atoms with Crippen molar-refractivity contribution in [2.45, 2.75) is 57.2 Å². The molecule has 1 amide bonds. The van der Waals surface area contributed by atoms with Crippen LogP contribution in [-0.2, 0) is 9.59 Å².